The number of hydrogen-bond acceptors (Lipinski definition) is 7. The molecular weight excluding hydrogens is 434 g/mol. The maximum absolute atomic E-state index is 13.1. The van der Waals surface area contributed by atoms with Crippen LogP contribution in [0.15, 0.2) is 60.7 Å². The van der Waals surface area contributed by atoms with Crippen molar-refractivity contribution in [1.29, 1.82) is 0 Å². The molecule has 0 aliphatic rings. The number of carbonyl (C=O) groups is 1. The standard InChI is InChI=1S/C27H29NO6/c1-28(2)19-10-7-18(8-11-19)9-14-23(29)22-13-12-20(30-3)15-24(22)34-21-16-25(31-4)27(33-6)26(17-21)32-5/h7-17H,1-6H3/b14-9+. The SMILES string of the molecule is COc1ccc(C(=O)/C=C/c2ccc(N(C)C)cc2)c(Oc2cc(OC)c(OC)c(OC)c2)c1. The molecule has 0 N–H and O–H groups in total. The van der Waals surface area contributed by atoms with Gasteiger partial charge in [0, 0.05) is 38.0 Å². The zero-order valence-electron chi connectivity index (χ0n) is 20.2. The first-order valence-corrected chi connectivity index (χ1v) is 10.6. The molecule has 3 rings (SSSR count). The Hall–Kier alpha value is -4.13. The smallest absolute Gasteiger partial charge is 0.203 e. The molecule has 0 saturated carbocycles. The summed E-state index contributed by atoms with van der Waals surface area (Å²) in [5.74, 6) is 2.43. The topological polar surface area (TPSA) is 66.5 Å². The van der Waals surface area contributed by atoms with Crippen LogP contribution in [0.1, 0.15) is 15.9 Å². The summed E-state index contributed by atoms with van der Waals surface area (Å²) in [7, 11) is 10.1. The van der Waals surface area contributed by atoms with Crippen LogP contribution in [0.2, 0.25) is 0 Å². The molecule has 0 spiro atoms. The highest BCUT2D eigenvalue weighted by Gasteiger charge is 2.17. The molecule has 7 nitrogen and oxygen atoms in total. The third kappa shape index (κ3) is 5.61. The molecule has 178 valence electrons. The van der Waals surface area contributed by atoms with Crippen molar-refractivity contribution >= 4 is 17.5 Å². The molecule has 3 aromatic rings. The van der Waals surface area contributed by atoms with Gasteiger partial charge in [0.15, 0.2) is 17.3 Å². The summed E-state index contributed by atoms with van der Waals surface area (Å²) in [4.78, 5) is 15.1. The number of rotatable bonds is 10. The van der Waals surface area contributed by atoms with Gasteiger partial charge in [0.1, 0.15) is 17.2 Å². The molecule has 0 heterocycles. The van der Waals surface area contributed by atoms with Crippen molar-refractivity contribution in [1.82, 2.24) is 0 Å². The van der Waals surface area contributed by atoms with E-state index in [0.717, 1.165) is 11.3 Å². The number of carbonyl (C=O) groups excluding carboxylic acids is 1. The summed E-state index contributed by atoms with van der Waals surface area (Å²) >= 11 is 0. The summed E-state index contributed by atoms with van der Waals surface area (Å²) in [6.45, 7) is 0. The number of anilines is 1. The molecule has 0 unspecified atom stereocenters. The largest absolute Gasteiger partial charge is 0.497 e. The average Bonchev–Trinajstić information content (AvgIpc) is 2.86. The first kappa shape index (κ1) is 24.5. The Kier molecular flexibility index (Phi) is 8.03. The highest BCUT2D eigenvalue weighted by atomic mass is 16.5. The highest BCUT2D eigenvalue weighted by molar-refractivity contribution is 6.08. The number of hydrogen-bond donors (Lipinski definition) is 0. The van der Waals surface area contributed by atoms with Crippen molar-refractivity contribution in [3.8, 4) is 34.5 Å². The second-order valence-corrected chi connectivity index (χ2v) is 7.51. The van der Waals surface area contributed by atoms with Gasteiger partial charge in [0.25, 0.3) is 0 Å². The highest BCUT2D eigenvalue weighted by Crippen LogP contribution is 2.42. The zero-order chi connectivity index (χ0) is 24.7. The van der Waals surface area contributed by atoms with E-state index in [2.05, 4.69) is 0 Å². The van der Waals surface area contributed by atoms with Gasteiger partial charge < -0.3 is 28.6 Å². The number of nitrogens with zero attached hydrogens (tertiary/aromatic N) is 1. The normalized spacial score (nSPS) is 10.6. The van der Waals surface area contributed by atoms with Gasteiger partial charge in [-0.05, 0) is 35.9 Å². The van der Waals surface area contributed by atoms with Crippen LogP contribution in [-0.2, 0) is 0 Å². The summed E-state index contributed by atoms with van der Waals surface area (Å²) in [5.41, 5.74) is 2.38. The molecule has 0 atom stereocenters. The number of allylic oxidation sites excluding steroid dienone is 1. The molecule has 0 aliphatic carbocycles. The fourth-order valence-electron chi connectivity index (χ4n) is 3.31. The fourth-order valence-corrected chi connectivity index (χ4v) is 3.31. The van der Waals surface area contributed by atoms with Gasteiger partial charge in [0.05, 0.1) is 34.0 Å². The Morgan fingerprint density at radius 2 is 1.35 bits per heavy atom. The van der Waals surface area contributed by atoms with Crippen molar-refractivity contribution in [2.24, 2.45) is 0 Å². The monoisotopic (exact) mass is 463 g/mol. The molecule has 34 heavy (non-hydrogen) atoms. The van der Waals surface area contributed by atoms with E-state index >= 15 is 0 Å². The quantitative estimate of drug-likeness (QED) is 0.292. The first-order chi connectivity index (χ1) is 16.4. The number of methoxy groups -OCH3 is 4. The van der Waals surface area contributed by atoms with E-state index < -0.39 is 0 Å². The van der Waals surface area contributed by atoms with Crippen LogP contribution in [-0.4, -0.2) is 48.3 Å². The van der Waals surface area contributed by atoms with E-state index in [-0.39, 0.29) is 5.78 Å². The third-order valence-corrected chi connectivity index (χ3v) is 5.16. The predicted molar refractivity (Wildman–Crippen MR) is 133 cm³/mol. The molecular formula is C27H29NO6. The van der Waals surface area contributed by atoms with Gasteiger partial charge in [-0.15, -0.1) is 0 Å². The van der Waals surface area contributed by atoms with Gasteiger partial charge in [-0.2, -0.15) is 0 Å². The van der Waals surface area contributed by atoms with Gasteiger partial charge in [-0.3, -0.25) is 4.79 Å². The van der Waals surface area contributed by atoms with Crippen LogP contribution in [0.3, 0.4) is 0 Å². The Balaban J connectivity index is 1.93. The minimum absolute atomic E-state index is 0.207. The van der Waals surface area contributed by atoms with E-state index in [1.165, 1.54) is 27.4 Å². The lowest BCUT2D eigenvalue weighted by molar-refractivity contribution is 0.104. The third-order valence-electron chi connectivity index (χ3n) is 5.16. The fraction of sp³-hybridized carbons (Fsp3) is 0.222. The van der Waals surface area contributed by atoms with Crippen LogP contribution in [0.4, 0.5) is 5.69 Å². The second kappa shape index (κ2) is 11.1. The van der Waals surface area contributed by atoms with Crippen molar-refractivity contribution in [3.05, 3.63) is 71.8 Å². The lowest BCUT2D eigenvalue weighted by Crippen LogP contribution is -2.07. The van der Waals surface area contributed by atoms with E-state index in [1.807, 2.05) is 43.3 Å². The summed E-state index contributed by atoms with van der Waals surface area (Å²) in [6, 6.07) is 16.3. The van der Waals surface area contributed by atoms with Gasteiger partial charge in [-0.25, -0.2) is 0 Å². The van der Waals surface area contributed by atoms with Crippen molar-refractivity contribution in [3.63, 3.8) is 0 Å². The number of ether oxygens (including phenoxy) is 5. The van der Waals surface area contributed by atoms with Crippen LogP contribution < -0.4 is 28.6 Å². The Morgan fingerprint density at radius 1 is 0.735 bits per heavy atom. The van der Waals surface area contributed by atoms with Crippen LogP contribution in [0.25, 0.3) is 6.08 Å². The minimum Gasteiger partial charge on any atom is -0.497 e. The molecule has 0 aromatic heterocycles. The van der Waals surface area contributed by atoms with Gasteiger partial charge in [0.2, 0.25) is 5.75 Å². The molecule has 0 saturated heterocycles. The maximum atomic E-state index is 13.1. The van der Waals surface area contributed by atoms with Crippen LogP contribution in [0, 0.1) is 0 Å². The lowest BCUT2D eigenvalue weighted by atomic mass is 10.1. The minimum atomic E-state index is -0.207. The zero-order valence-corrected chi connectivity index (χ0v) is 20.2. The number of benzene rings is 3. The molecule has 0 amide bonds. The predicted octanol–water partition coefficient (Wildman–Crippen LogP) is 5.48. The van der Waals surface area contributed by atoms with Crippen LogP contribution >= 0.6 is 0 Å². The van der Waals surface area contributed by atoms with Crippen molar-refractivity contribution in [2.45, 2.75) is 0 Å². The molecule has 0 fully saturated rings. The molecule has 0 aliphatic heterocycles. The van der Waals surface area contributed by atoms with E-state index in [1.54, 1.807) is 43.5 Å². The molecule has 0 bridgehead atoms. The molecule has 0 radical (unpaired) electrons. The van der Waals surface area contributed by atoms with Gasteiger partial charge >= 0.3 is 0 Å². The molecule has 3 aromatic carbocycles. The second-order valence-electron chi connectivity index (χ2n) is 7.51. The lowest BCUT2D eigenvalue weighted by Gasteiger charge is -2.16. The average molecular weight is 464 g/mol. The van der Waals surface area contributed by atoms with Crippen molar-refractivity contribution in [2.75, 3.05) is 47.4 Å². The van der Waals surface area contributed by atoms with E-state index in [0.29, 0.717) is 40.1 Å². The molecule has 7 heteroatoms. The maximum Gasteiger partial charge on any atom is 0.203 e. The summed E-state index contributed by atoms with van der Waals surface area (Å²) in [6.07, 6.45) is 3.30. The summed E-state index contributed by atoms with van der Waals surface area (Å²) < 4.78 is 27.6. The van der Waals surface area contributed by atoms with E-state index in [9.17, 15) is 4.79 Å². The van der Waals surface area contributed by atoms with Crippen molar-refractivity contribution < 1.29 is 28.5 Å². The van der Waals surface area contributed by atoms with Gasteiger partial charge in [-0.1, -0.05) is 18.2 Å². The first-order valence-electron chi connectivity index (χ1n) is 10.6. The Morgan fingerprint density at radius 3 is 1.88 bits per heavy atom. The van der Waals surface area contributed by atoms with E-state index in [4.69, 9.17) is 23.7 Å². The summed E-state index contributed by atoms with van der Waals surface area (Å²) in [5, 5.41) is 0. The van der Waals surface area contributed by atoms with Crippen LogP contribution in [0.5, 0.6) is 34.5 Å². The number of ketones is 1. The Labute approximate surface area is 200 Å². The Bertz CT molecular complexity index is 1140.